The van der Waals surface area contributed by atoms with Gasteiger partial charge in [-0.05, 0) is 38.7 Å². The van der Waals surface area contributed by atoms with E-state index in [1.54, 1.807) is 35.6 Å². The lowest BCUT2D eigenvalue weighted by atomic mass is 9.93. The Morgan fingerprint density at radius 2 is 2.17 bits per heavy atom. The molecule has 2 aromatic heterocycles. The zero-order valence-corrected chi connectivity index (χ0v) is 13.2. The molecule has 0 bridgehead atoms. The molecule has 7 nitrogen and oxygen atoms in total. The Kier molecular flexibility index (Phi) is 4.97. The van der Waals surface area contributed by atoms with Crippen LogP contribution in [0.2, 0.25) is 0 Å². The summed E-state index contributed by atoms with van der Waals surface area (Å²) < 4.78 is 7.37. The number of nitrogens with one attached hydrogen (secondary N) is 1. The van der Waals surface area contributed by atoms with E-state index < -0.39 is 0 Å². The molecule has 1 aliphatic rings. The highest BCUT2D eigenvalue weighted by molar-refractivity contribution is 5.90. The number of hydrogen-bond acceptors (Lipinski definition) is 5. The van der Waals surface area contributed by atoms with Crippen molar-refractivity contribution in [2.24, 2.45) is 0 Å². The van der Waals surface area contributed by atoms with E-state index in [4.69, 9.17) is 4.74 Å². The van der Waals surface area contributed by atoms with Crippen molar-refractivity contribution >= 4 is 5.91 Å². The maximum absolute atomic E-state index is 12.3. The second-order valence-electron chi connectivity index (χ2n) is 5.61. The smallest absolute Gasteiger partial charge is 0.289 e. The third-order valence-electron chi connectivity index (χ3n) is 4.02. The Hall–Kier alpha value is -2.28. The van der Waals surface area contributed by atoms with Crippen LogP contribution >= 0.6 is 0 Å². The normalized spacial score (nSPS) is 21.1. The molecule has 0 spiro atoms. The van der Waals surface area contributed by atoms with Gasteiger partial charge in [0.2, 0.25) is 5.82 Å². The third kappa shape index (κ3) is 3.92. The summed E-state index contributed by atoms with van der Waals surface area (Å²) in [6, 6.07) is 1.91. The van der Waals surface area contributed by atoms with Gasteiger partial charge < -0.3 is 10.1 Å². The number of carbonyl (C=O) groups excluding carboxylic acids is 1. The summed E-state index contributed by atoms with van der Waals surface area (Å²) in [6.45, 7) is 2.76. The van der Waals surface area contributed by atoms with Crippen LogP contribution < -0.4 is 5.32 Å². The molecule has 0 aromatic carbocycles. The van der Waals surface area contributed by atoms with Crippen LogP contribution in [-0.4, -0.2) is 44.2 Å². The highest BCUT2D eigenvalue weighted by atomic mass is 16.5. The molecule has 1 N–H and O–H groups in total. The molecule has 2 heterocycles. The Bertz CT molecular complexity index is 636. The number of hydrogen-bond donors (Lipinski definition) is 1. The molecule has 0 radical (unpaired) electrons. The first-order chi connectivity index (χ1) is 11.3. The van der Waals surface area contributed by atoms with Crippen LogP contribution in [0.1, 0.15) is 43.2 Å². The summed E-state index contributed by atoms with van der Waals surface area (Å²) in [5.74, 6) is 0.581. The summed E-state index contributed by atoms with van der Waals surface area (Å²) in [4.78, 5) is 24.7. The number of imidazole rings is 1. The van der Waals surface area contributed by atoms with Crippen LogP contribution in [0.4, 0.5) is 0 Å². The van der Waals surface area contributed by atoms with Gasteiger partial charge in [-0.15, -0.1) is 0 Å². The van der Waals surface area contributed by atoms with Crippen molar-refractivity contribution in [3.63, 3.8) is 0 Å². The second-order valence-corrected chi connectivity index (χ2v) is 5.61. The van der Waals surface area contributed by atoms with Gasteiger partial charge in [-0.1, -0.05) is 0 Å². The van der Waals surface area contributed by atoms with E-state index in [-0.39, 0.29) is 17.8 Å². The summed E-state index contributed by atoms with van der Waals surface area (Å²) in [7, 11) is 0. The van der Waals surface area contributed by atoms with Crippen molar-refractivity contribution in [1.82, 2.24) is 24.8 Å². The van der Waals surface area contributed by atoms with Gasteiger partial charge in [-0.3, -0.25) is 9.36 Å². The average Bonchev–Trinajstić information content (AvgIpc) is 3.12. The SMILES string of the molecule is CCO[C@H]1CC[C@H](NC(=O)c2nccc(-n3ccnc3)n2)CC1. The molecule has 1 fully saturated rings. The van der Waals surface area contributed by atoms with Crippen LogP contribution in [0.5, 0.6) is 0 Å². The maximum Gasteiger partial charge on any atom is 0.289 e. The lowest BCUT2D eigenvalue weighted by molar-refractivity contribution is 0.0299. The standard InChI is InChI=1S/C16H21N5O2/c1-2-23-13-5-3-12(4-6-13)19-16(22)15-18-8-7-14(20-15)21-10-9-17-11-21/h7-13H,2-6H2,1H3,(H,19,22)/t12-,13-. The van der Waals surface area contributed by atoms with Crippen molar-refractivity contribution < 1.29 is 9.53 Å². The van der Waals surface area contributed by atoms with Gasteiger partial charge in [-0.2, -0.15) is 0 Å². The first-order valence-corrected chi connectivity index (χ1v) is 8.00. The van der Waals surface area contributed by atoms with Crippen molar-refractivity contribution in [3.05, 3.63) is 36.8 Å². The Labute approximate surface area is 135 Å². The van der Waals surface area contributed by atoms with Crippen molar-refractivity contribution in [1.29, 1.82) is 0 Å². The lowest BCUT2D eigenvalue weighted by Gasteiger charge is -2.28. The fourth-order valence-corrected chi connectivity index (χ4v) is 2.86. The molecule has 1 saturated carbocycles. The molecule has 1 aliphatic carbocycles. The van der Waals surface area contributed by atoms with Crippen molar-refractivity contribution in [2.75, 3.05) is 6.61 Å². The van der Waals surface area contributed by atoms with Crippen LogP contribution in [0.3, 0.4) is 0 Å². The predicted octanol–water partition coefficient (Wildman–Crippen LogP) is 1.74. The second kappa shape index (κ2) is 7.32. The number of ether oxygens (including phenoxy) is 1. The minimum Gasteiger partial charge on any atom is -0.379 e. The summed E-state index contributed by atoms with van der Waals surface area (Å²) >= 11 is 0. The number of aromatic nitrogens is 4. The van der Waals surface area contributed by atoms with Gasteiger partial charge >= 0.3 is 0 Å². The molecule has 23 heavy (non-hydrogen) atoms. The van der Waals surface area contributed by atoms with Gasteiger partial charge in [0.1, 0.15) is 12.1 Å². The Morgan fingerprint density at radius 1 is 1.35 bits per heavy atom. The van der Waals surface area contributed by atoms with E-state index in [1.807, 2.05) is 6.92 Å². The topological polar surface area (TPSA) is 81.9 Å². The average molecular weight is 315 g/mol. The molecule has 0 unspecified atom stereocenters. The molecular formula is C16H21N5O2. The summed E-state index contributed by atoms with van der Waals surface area (Å²) in [5, 5.41) is 3.03. The van der Waals surface area contributed by atoms with Crippen molar-refractivity contribution in [3.8, 4) is 5.82 Å². The molecular weight excluding hydrogens is 294 g/mol. The van der Waals surface area contributed by atoms with Crippen molar-refractivity contribution in [2.45, 2.75) is 44.8 Å². The van der Waals surface area contributed by atoms with Gasteiger partial charge in [-0.25, -0.2) is 15.0 Å². The first kappa shape index (κ1) is 15.6. The van der Waals surface area contributed by atoms with Gasteiger partial charge in [0.15, 0.2) is 0 Å². The highest BCUT2D eigenvalue weighted by Crippen LogP contribution is 2.21. The number of nitrogens with zero attached hydrogens (tertiary/aromatic N) is 4. The molecule has 3 rings (SSSR count). The zero-order valence-electron chi connectivity index (χ0n) is 13.2. The zero-order chi connectivity index (χ0) is 16.1. The van der Waals surface area contributed by atoms with Gasteiger partial charge in [0.05, 0.1) is 6.10 Å². The van der Waals surface area contributed by atoms with Crippen LogP contribution in [0.25, 0.3) is 5.82 Å². The van der Waals surface area contributed by atoms with Crippen LogP contribution in [-0.2, 0) is 4.74 Å². The lowest BCUT2D eigenvalue weighted by Crippen LogP contribution is -2.39. The van der Waals surface area contributed by atoms with E-state index in [0.717, 1.165) is 32.3 Å². The van der Waals surface area contributed by atoms with Crippen LogP contribution in [0.15, 0.2) is 31.0 Å². The van der Waals surface area contributed by atoms with Crippen LogP contribution in [0, 0.1) is 0 Å². The van der Waals surface area contributed by atoms with E-state index >= 15 is 0 Å². The highest BCUT2D eigenvalue weighted by Gasteiger charge is 2.23. The monoisotopic (exact) mass is 315 g/mol. The summed E-state index contributed by atoms with van der Waals surface area (Å²) in [5.41, 5.74) is 0. The minimum absolute atomic E-state index is 0.166. The fourth-order valence-electron chi connectivity index (χ4n) is 2.86. The maximum atomic E-state index is 12.3. The molecule has 0 saturated heterocycles. The van der Waals surface area contributed by atoms with Gasteiger partial charge in [0.25, 0.3) is 5.91 Å². The van der Waals surface area contributed by atoms with E-state index in [9.17, 15) is 4.79 Å². The predicted molar refractivity (Wildman–Crippen MR) is 84.3 cm³/mol. The molecule has 0 aliphatic heterocycles. The van der Waals surface area contributed by atoms with E-state index in [0.29, 0.717) is 11.9 Å². The number of amides is 1. The Balaban J connectivity index is 1.60. The number of carbonyl (C=O) groups is 1. The van der Waals surface area contributed by atoms with E-state index in [2.05, 4.69) is 20.3 Å². The van der Waals surface area contributed by atoms with E-state index in [1.165, 1.54) is 0 Å². The molecule has 0 atom stereocenters. The molecule has 122 valence electrons. The fraction of sp³-hybridized carbons (Fsp3) is 0.500. The quantitative estimate of drug-likeness (QED) is 0.909. The minimum atomic E-state index is -0.230. The first-order valence-electron chi connectivity index (χ1n) is 8.00. The number of rotatable bonds is 5. The molecule has 1 amide bonds. The van der Waals surface area contributed by atoms with Gasteiger partial charge in [0, 0.05) is 31.2 Å². The molecule has 2 aromatic rings. The third-order valence-corrected chi connectivity index (χ3v) is 4.02. The Morgan fingerprint density at radius 3 is 2.87 bits per heavy atom. The molecule has 7 heteroatoms. The largest absolute Gasteiger partial charge is 0.379 e. The summed E-state index contributed by atoms with van der Waals surface area (Å²) in [6.07, 6.45) is 10.8.